The molecule has 4 atom stereocenters. The van der Waals surface area contributed by atoms with Gasteiger partial charge in [-0.3, -0.25) is 14.4 Å². The number of rotatable bonds is 12. The van der Waals surface area contributed by atoms with Crippen LogP contribution in [0.4, 0.5) is 0 Å². The van der Waals surface area contributed by atoms with E-state index >= 15 is 0 Å². The molecule has 0 radical (unpaired) electrons. The number of carbonyl (C=O) groups excluding carboxylic acids is 3. The summed E-state index contributed by atoms with van der Waals surface area (Å²) in [5.41, 5.74) is 9.90. The second kappa shape index (κ2) is 13.3. The fraction of sp³-hybridized carbons (Fsp3) is 0.394. The molecule has 3 heterocycles. The van der Waals surface area contributed by atoms with E-state index in [1.165, 1.54) is 4.90 Å². The van der Waals surface area contributed by atoms with Crippen LogP contribution in [0, 0.1) is 5.92 Å². The van der Waals surface area contributed by atoms with Crippen molar-refractivity contribution < 1.29 is 24.3 Å². The number of carbonyl (C=O) groups is 4. The largest absolute Gasteiger partial charge is 0.480 e. The minimum atomic E-state index is -1.19. The van der Waals surface area contributed by atoms with E-state index in [1.807, 2.05) is 68.6 Å². The van der Waals surface area contributed by atoms with Crippen LogP contribution in [-0.4, -0.2) is 74.4 Å². The standard InChI is InChI=1S/C33H40N6O5/c1-19(2)14-27(30(40)38-28(33(43)44)16-21-18-36-26-11-6-4-9-23(21)26)37-31(41)29-12-7-13-39(29)32(42)24(34)15-20-17-35-25-10-5-3-8-22(20)25/h3-6,8-11,17-19,24,27-29,35-36H,7,12-16,34H2,1-2H3,(H,37,41)(H,38,40)(H,43,44). The fourth-order valence-corrected chi connectivity index (χ4v) is 6.10. The molecule has 3 amide bonds. The number of likely N-dealkylation sites (tertiary alicyclic amines) is 1. The van der Waals surface area contributed by atoms with Crippen LogP contribution < -0.4 is 16.4 Å². The molecule has 7 N–H and O–H groups in total. The topological polar surface area (TPSA) is 173 Å². The second-order valence-electron chi connectivity index (χ2n) is 12.0. The maximum Gasteiger partial charge on any atom is 0.326 e. The maximum atomic E-state index is 13.5. The molecule has 4 aromatic rings. The molecule has 44 heavy (non-hydrogen) atoms. The normalized spacial score (nSPS) is 17.1. The van der Waals surface area contributed by atoms with Crippen molar-refractivity contribution in [3.05, 3.63) is 72.1 Å². The number of para-hydroxylation sites is 2. The Balaban J connectivity index is 1.25. The average molecular weight is 601 g/mol. The molecule has 1 fully saturated rings. The molecule has 2 aromatic carbocycles. The van der Waals surface area contributed by atoms with E-state index in [1.54, 1.807) is 6.20 Å². The Hall–Kier alpha value is -4.64. The van der Waals surface area contributed by atoms with Gasteiger partial charge in [-0.15, -0.1) is 0 Å². The number of hydrogen-bond acceptors (Lipinski definition) is 5. The van der Waals surface area contributed by atoms with Gasteiger partial charge in [0.25, 0.3) is 0 Å². The SMILES string of the molecule is CC(C)CC(NC(=O)C1CCCN1C(=O)C(N)Cc1c[nH]c2ccccc12)C(=O)NC(Cc1c[nH]c2ccccc12)C(=O)O. The lowest BCUT2D eigenvalue weighted by atomic mass is 10.0. The van der Waals surface area contributed by atoms with Crippen LogP contribution in [-0.2, 0) is 32.0 Å². The van der Waals surface area contributed by atoms with E-state index in [-0.39, 0.29) is 18.2 Å². The quantitative estimate of drug-likeness (QED) is 0.146. The van der Waals surface area contributed by atoms with E-state index in [4.69, 9.17) is 5.73 Å². The number of amides is 3. The number of nitrogens with zero attached hydrogens (tertiary/aromatic N) is 1. The number of hydrogen-bond donors (Lipinski definition) is 6. The predicted octanol–water partition coefficient (Wildman–Crippen LogP) is 2.85. The van der Waals surface area contributed by atoms with Crippen molar-refractivity contribution in [2.75, 3.05) is 6.54 Å². The van der Waals surface area contributed by atoms with Crippen molar-refractivity contribution in [2.45, 2.75) is 70.1 Å². The third-order valence-corrected chi connectivity index (χ3v) is 8.32. The lowest BCUT2D eigenvalue weighted by molar-refractivity contribution is -0.143. The molecule has 0 spiro atoms. The molecule has 5 rings (SSSR count). The highest BCUT2D eigenvalue weighted by molar-refractivity contribution is 5.95. The number of fused-ring (bicyclic) bond motifs is 2. The lowest BCUT2D eigenvalue weighted by Gasteiger charge is -2.29. The second-order valence-corrected chi connectivity index (χ2v) is 12.0. The monoisotopic (exact) mass is 600 g/mol. The average Bonchev–Trinajstić information content (AvgIpc) is 3.75. The summed E-state index contributed by atoms with van der Waals surface area (Å²) in [7, 11) is 0. The highest BCUT2D eigenvalue weighted by Crippen LogP contribution is 2.23. The van der Waals surface area contributed by atoms with Crippen LogP contribution in [0.3, 0.4) is 0 Å². The molecule has 0 aliphatic carbocycles. The summed E-state index contributed by atoms with van der Waals surface area (Å²) >= 11 is 0. The van der Waals surface area contributed by atoms with Crippen molar-refractivity contribution >= 4 is 45.5 Å². The van der Waals surface area contributed by atoms with Gasteiger partial charge in [0.15, 0.2) is 0 Å². The summed E-state index contributed by atoms with van der Waals surface area (Å²) in [6, 6.07) is 11.6. The number of nitrogens with one attached hydrogen (secondary N) is 4. The van der Waals surface area contributed by atoms with Crippen molar-refractivity contribution in [3.8, 4) is 0 Å². The number of aromatic amines is 2. The van der Waals surface area contributed by atoms with E-state index in [2.05, 4.69) is 20.6 Å². The fourth-order valence-electron chi connectivity index (χ4n) is 6.10. The van der Waals surface area contributed by atoms with Crippen LogP contribution in [0.2, 0.25) is 0 Å². The highest BCUT2D eigenvalue weighted by Gasteiger charge is 2.38. The first-order valence-electron chi connectivity index (χ1n) is 15.1. The van der Waals surface area contributed by atoms with Crippen LogP contribution >= 0.6 is 0 Å². The van der Waals surface area contributed by atoms with Gasteiger partial charge in [-0.1, -0.05) is 50.2 Å². The summed E-state index contributed by atoms with van der Waals surface area (Å²) in [6.45, 7) is 4.23. The third-order valence-electron chi connectivity index (χ3n) is 8.32. The van der Waals surface area contributed by atoms with Gasteiger partial charge < -0.3 is 36.3 Å². The van der Waals surface area contributed by atoms with Gasteiger partial charge in [-0.05, 0) is 54.9 Å². The Morgan fingerprint density at radius 3 is 2.09 bits per heavy atom. The Bertz CT molecular complexity index is 1660. The zero-order chi connectivity index (χ0) is 31.4. The van der Waals surface area contributed by atoms with E-state index in [0.29, 0.717) is 32.2 Å². The highest BCUT2D eigenvalue weighted by atomic mass is 16.4. The van der Waals surface area contributed by atoms with E-state index in [0.717, 1.165) is 32.9 Å². The zero-order valence-electron chi connectivity index (χ0n) is 25.0. The number of aliphatic carboxylic acids is 1. The summed E-state index contributed by atoms with van der Waals surface area (Å²) in [6.07, 6.45) is 5.38. The van der Waals surface area contributed by atoms with Gasteiger partial charge in [0.05, 0.1) is 6.04 Å². The predicted molar refractivity (Wildman–Crippen MR) is 168 cm³/mol. The number of aromatic nitrogens is 2. The molecule has 0 saturated carbocycles. The van der Waals surface area contributed by atoms with Crippen molar-refractivity contribution in [1.29, 1.82) is 0 Å². The minimum Gasteiger partial charge on any atom is -0.480 e. The molecular weight excluding hydrogens is 560 g/mol. The third kappa shape index (κ3) is 6.78. The number of nitrogens with two attached hydrogens (primary N) is 1. The number of carboxylic acid groups (broad SMARTS) is 1. The van der Waals surface area contributed by atoms with Crippen LogP contribution in [0.1, 0.15) is 44.2 Å². The van der Waals surface area contributed by atoms with Crippen LogP contribution in [0.25, 0.3) is 21.8 Å². The van der Waals surface area contributed by atoms with E-state index in [9.17, 15) is 24.3 Å². The van der Waals surface area contributed by atoms with Gasteiger partial charge in [-0.2, -0.15) is 0 Å². The summed E-state index contributed by atoms with van der Waals surface area (Å²) in [4.78, 5) is 60.4. The molecule has 11 heteroatoms. The van der Waals surface area contributed by atoms with Gasteiger partial charge in [0, 0.05) is 47.2 Å². The molecule has 2 aromatic heterocycles. The molecule has 232 valence electrons. The Kier molecular flexibility index (Phi) is 9.34. The first kappa shape index (κ1) is 30.8. The first-order chi connectivity index (χ1) is 21.1. The molecule has 1 saturated heterocycles. The Morgan fingerprint density at radius 2 is 1.50 bits per heavy atom. The molecule has 1 aliphatic heterocycles. The van der Waals surface area contributed by atoms with Crippen molar-refractivity contribution in [1.82, 2.24) is 25.5 Å². The maximum absolute atomic E-state index is 13.5. The molecule has 1 aliphatic rings. The van der Waals surface area contributed by atoms with Gasteiger partial charge >= 0.3 is 5.97 Å². The Labute approximate surface area is 255 Å². The van der Waals surface area contributed by atoms with Crippen LogP contribution in [0.15, 0.2) is 60.9 Å². The lowest BCUT2D eigenvalue weighted by Crippen LogP contribution is -2.57. The smallest absolute Gasteiger partial charge is 0.326 e. The molecule has 11 nitrogen and oxygen atoms in total. The number of H-pyrrole nitrogens is 2. The molecule has 0 bridgehead atoms. The van der Waals surface area contributed by atoms with Gasteiger partial charge in [-0.25, -0.2) is 4.79 Å². The van der Waals surface area contributed by atoms with Crippen molar-refractivity contribution in [2.24, 2.45) is 11.7 Å². The zero-order valence-corrected chi connectivity index (χ0v) is 25.0. The van der Waals surface area contributed by atoms with Gasteiger partial charge in [0.2, 0.25) is 17.7 Å². The minimum absolute atomic E-state index is 0.0360. The summed E-state index contributed by atoms with van der Waals surface area (Å²) < 4.78 is 0. The Morgan fingerprint density at radius 1 is 0.909 bits per heavy atom. The van der Waals surface area contributed by atoms with E-state index < -0.39 is 42.0 Å². The first-order valence-corrected chi connectivity index (χ1v) is 15.1. The van der Waals surface area contributed by atoms with Crippen LogP contribution in [0.5, 0.6) is 0 Å². The summed E-state index contributed by atoms with van der Waals surface area (Å²) in [5.74, 6) is -2.48. The molecule has 4 unspecified atom stereocenters. The number of carboxylic acids is 1. The summed E-state index contributed by atoms with van der Waals surface area (Å²) in [5, 5.41) is 17.3. The van der Waals surface area contributed by atoms with Gasteiger partial charge in [0.1, 0.15) is 18.1 Å². The number of benzene rings is 2. The molecular formula is C33H40N6O5. The van der Waals surface area contributed by atoms with Crippen molar-refractivity contribution in [3.63, 3.8) is 0 Å².